The Morgan fingerprint density at radius 1 is 1.24 bits per heavy atom. The fraction of sp³-hybridized carbons (Fsp3) is 0.579. The molecule has 0 unspecified atom stereocenters. The van der Waals surface area contributed by atoms with Gasteiger partial charge in [0.15, 0.2) is 0 Å². The first-order valence-electron chi connectivity index (χ1n) is 8.76. The highest BCUT2D eigenvalue weighted by Crippen LogP contribution is 2.42. The van der Waals surface area contributed by atoms with Gasteiger partial charge in [-0.15, -0.1) is 0 Å². The number of methoxy groups -OCH3 is 1. The fourth-order valence-electron chi connectivity index (χ4n) is 4.06. The molecule has 1 aromatic carbocycles. The first-order valence-corrected chi connectivity index (χ1v) is 8.76. The molecule has 1 saturated heterocycles. The summed E-state index contributed by atoms with van der Waals surface area (Å²) in [7, 11) is 1.38. The molecule has 0 bridgehead atoms. The molecule has 25 heavy (non-hydrogen) atoms. The molecule has 0 saturated carbocycles. The van der Waals surface area contributed by atoms with Crippen molar-refractivity contribution in [3.63, 3.8) is 0 Å². The Hall–Kier alpha value is -2.08. The molecular formula is C19H26N2O4. The summed E-state index contributed by atoms with van der Waals surface area (Å²) in [5.74, 6) is -0.229. The van der Waals surface area contributed by atoms with Gasteiger partial charge in [-0.25, -0.2) is 4.79 Å². The zero-order valence-electron chi connectivity index (χ0n) is 15.4. The van der Waals surface area contributed by atoms with E-state index in [1.807, 2.05) is 24.0 Å². The number of ether oxygens (including phenoxy) is 2. The van der Waals surface area contributed by atoms with Gasteiger partial charge in [0.1, 0.15) is 5.54 Å². The van der Waals surface area contributed by atoms with Gasteiger partial charge < -0.3 is 19.3 Å². The van der Waals surface area contributed by atoms with Crippen LogP contribution >= 0.6 is 0 Å². The number of hydrogen-bond donors (Lipinski definition) is 0. The average Bonchev–Trinajstić information content (AvgIpc) is 2.93. The van der Waals surface area contributed by atoms with E-state index in [1.54, 1.807) is 6.07 Å². The summed E-state index contributed by atoms with van der Waals surface area (Å²) in [6.45, 7) is 8.62. The van der Waals surface area contributed by atoms with Gasteiger partial charge in [0.05, 0.1) is 25.9 Å². The van der Waals surface area contributed by atoms with Crippen LogP contribution in [0.5, 0.6) is 0 Å². The molecule has 0 aliphatic carbocycles. The lowest BCUT2D eigenvalue weighted by atomic mass is 9.93. The molecule has 136 valence electrons. The molecule has 1 aromatic rings. The molecule has 1 atom stereocenters. The minimum atomic E-state index is -0.650. The summed E-state index contributed by atoms with van der Waals surface area (Å²) >= 11 is 0. The Balaban J connectivity index is 1.96. The predicted molar refractivity (Wildman–Crippen MR) is 94.9 cm³/mol. The molecule has 2 aliphatic rings. The summed E-state index contributed by atoms with van der Waals surface area (Å²) < 4.78 is 10.2. The predicted octanol–water partition coefficient (Wildman–Crippen LogP) is 1.86. The number of nitrogens with zero attached hydrogens (tertiary/aromatic N) is 2. The van der Waals surface area contributed by atoms with E-state index in [9.17, 15) is 9.59 Å². The van der Waals surface area contributed by atoms with Crippen molar-refractivity contribution in [1.82, 2.24) is 4.90 Å². The van der Waals surface area contributed by atoms with Crippen LogP contribution < -0.4 is 4.90 Å². The molecular weight excluding hydrogens is 320 g/mol. The molecule has 2 aliphatic heterocycles. The monoisotopic (exact) mass is 346 g/mol. The van der Waals surface area contributed by atoms with E-state index in [0.717, 1.165) is 11.3 Å². The maximum Gasteiger partial charge on any atom is 0.337 e. The fourth-order valence-corrected chi connectivity index (χ4v) is 4.06. The summed E-state index contributed by atoms with van der Waals surface area (Å²) in [6, 6.07) is 5.72. The normalized spacial score (nSPS) is 22.9. The Labute approximate surface area is 148 Å². The second kappa shape index (κ2) is 6.67. The molecule has 6 nitrogen and oxygen atoms in total. The van der Waals surface area contributed by atoms with Crippen LogP contribution in [0.3, 0.4) is 0 Å². The van der Waals surface area contributed by atoms with Crippen LogP contribution in [-0.4, -0.2) is 61.8 Å². The Kier molecular flexibility index (Phi) is 4.73. The molecule has 6 heteroatoms. The van der Waals surface area contributed by atoms with E-state index >= 15 is 0 Å². The number of carbonyl (C=O) groups is 2. The Morgan fingerprint density at radius 3 is 2.52 bits per heavy atom. The lowest BCUT2D eigenvalue weighted by Gasteiger charge is -2.42. The lowest BCUT2D eigenvalue weighted by molar-refractivity contribution is -0.140. The van der Waals surface area contributed by atoms with Crippen LogP contribution in [0.2, 0.25) is 0 Å². The molecule has 2 heterocycles. The van der Waals surface area contributed by atoms with Crippen LogP contribution in [0.1, 0.15) is 36.7 Å². The maximum atomic E-state index is 13.3. The summed E-state index contributed by atoms with van der Waals surface area (Å²) in [5.41, 5.74) is 1.91. The minimum absolute atomic E-state index is 0.125. The number of rotatable bonds is 3. The minimum Gasteiger partial charge on any atom is -0.465 e. The van der Waals surface area contributed by atoms with Crippen molar-refractivity contribution < 1.29 is 19.1 Å². The number of hydrogen-bond acceptors (Lipinski definition) is 5. The first kappa shape index (κ1) is 17.7. The molecule has 0 aromatic heterocycles. The maximum absolute atomic E-state index is 13.3. The number of benzene rings is 1. The van der Waals surface area contributed by atoms with E-state index in [0.29, 0.717) is 38.3 Å². The smallest absolute Gasteiger partial charge is 0.337 e. The molecule has 3 rings (SSSR count). The van der Waals surface area contributed by atoms with Gasteiger partial charge in [-0.2, -0.15) is 0 Å². The van der Waals surface area contributed by atoms with E-state index in [-0.39, 0.29) is 17.9 Å². The Bertz CT molecular complexity index is 682. The van der Waals surface area contributed by atoms with Crippen LogP contribution in [0.15, 0.2) is 18.2 Å². The van der Waals surface area contributed by atoms with Crippen molar-refractivity contribution in [3.8, 4) is 0 Å². The molecule has 1 fully saturated rings. The Morgan fingerprint density at radius 2 is 1.92 bits per heavy atom. The molecule has 0 radical (unpaired) electrons. The van der Waals surface area contributed by atoms with E-state index in [4.69, 9.17) is 9.47 Å². The average molecular weight is 346 g/mol. The van der Waals surface area contributed by atoms with Gasteiger partial charge in [-0.1, -0.05) is 0 Å². The van der Waals surface area contributed by atoms with Gasteiger partial charge in [0, 0.05) is 31.2 Å². The van der Waals surface area contributed by atoms with Crippen molar-refractivity contribution in [2.24, 2.45) is 0 Å². The van der Waals surface area contributed by atoms with Crippen molar-refractivity contribution in [2.75, 3.05) is 38.3 Å². The first-order chi connectivity index (χ1) is 11.9. The number of esters is 1. The van der Waals surface area contributed by atoms with Crippen molar-refractivity contribution in [2.45, 2.75) is 38.8 Å². The van der Waals surface area contributed by atoms with E-state index in [2.05, 4.69) is 18.7 Å². The van der Waals surface area contributed by atoms with Gasteiger partial charge in [-0.05, 0) is 44.5 Å². The lowest BCUT2D eigenvalue weighted by Crippen LogP contribution is -2.60. The summed E-state index contributed by atoms with van der Waals surface area (Å²) in [5, 5.41) is 0. The third-order valence-corrected chi connectivity index (χ3v) is 5.10. The van der Waals surface area contributed by atoms with Crippen molar-refractivity contribution in [1.29, 1.82) is 0 Å². The van der Waals surface area contributed by atoms with Crippen LogP contribution in [0, 0.1) is 0 Å². The van der Waals surface area contributed by atoms with Gasteiger partial charge in [0.25, 0.3) is 0 Å². The largest absolute Gasteiger partial charge is 0.465 e. The highest BCUT2D eigenvalue weighted by atomic mass is 16.5. The molecule has 0 N–H and O–H groups in total. The second-order valence-electron chi connectivity index (χ2n) is 7.15. The SMILES string of the molecule is COC(=O)c1ccc2c(c1)C[C@](C)(C(=O)N1CCOCC1)N2C(C)C. The van der Waals surface area contributed by atoms with Gasteiger partial charge in [-0.3, -0.25) is 4.79 Å². The molecule has 0 spiro atoms. The highest BCUT2D eigenvalue weighted by molar-refractivity contribution is 5.95. The van der Waals surface area contributed by atoms with Crippen molar-refractivity contribution in [3.05, 3.63) is 29.3 Å². The summed E-state index contributed by atoms with van der Waals surface area (Å²) in [6.07, 6.45) is 0.585. The number of carbonyl (C=O) groups excluding carboxylic acids is 2. The number of anilines is 1. The third kappa shape index (κ3) is 2.99. The topological polar surface area (TPSA) is 59.1 Å². The van der Waals surface area contributed by atoms with E-state index < -0.39 is 5.54 Å². The van der Waals surface area contributed by atoms with Gasteiger partial charge in [0.2, 0.25) is 5.91 Å². The zero-order valence-corrected chi connectivity index (χ0v) is 15.4. The third-order valence-electron chi connectivity index (χ3n) is 5.10. The number of morpholine rings is 1. The number of fused-ring (bicyclic) bond motifs is 1. The van der Waals surface area contributed by atoms with Gasteiger partial charge >= 0.3 is 5.97 Å². The summed E-state index contributed by atoms with van der Waals surface area (Å²) in [4.78, 5) is 29.2. The standard InChI is InChI=1S/C19H26N2O4/c1-13(2)21-16-6-5-14(17(22)24-4)11-15(16)12-19(21,3)18(23)20-7-9-25-10-8-20/h5-6,11,13H,7-10,12H2,1-4H3/t19-/m1/s1. The second-order valence-corrected chi connectivity index (χ2v) is 7.15. The highest BCUT2D eigenvalue weighted by Gasteiger charge is 2.48. The molecule has 1 amide bonds. The number of amides is 1. The van der Waals surface area contributed by atoms with Crippen LogP contribution in [-0.2, 0) is 20.7 Å². The van der Waals surface area contributed by atoms with Crippen molar-refractivity contribution >= 4 is 17.6 Å². The van der Waals surface area contributed by atoms with Crippen LogP contribution in [0.25, 0.3) is 0 Å². The van der Waals surface area contributed by atoms with E-state index in [1.165, 1.54) is 7.11 Å². The van der Waals surface area contributed by atoms with Crippen LogP contribution in [0.4, 0.5) is 5.69 Å². The quantitative estimate of drug-likeness (QED) is 0.782. The zero-order chi connectivity index (χ0) is 18.2.